The zero-order chi connectivity index (χ0) is 10.4. The van der Waals surface area contributed by atoms with E-state index in [4.69, 9.17) is 16.3 Å². The molecule has 1 N–H and O–H groups in total. The van der Waals surface area contributed by atoms with E-state index in [9.17, 15) is 0 Å². The normalized spacial score (nSPS) is 12.4. The third kappa shape index (κ3) is 1.26. The number of rotatable bonds is 0. The molecule has 0 unspecified atom stereocenters. The Hall–Kier alpha value is -1.68. The molecule has 2 aromatic rings. The maximum absolute atomic E-state index is 5.90. The van der Waals surface area contributed by atoms with Crippen LogP contribution in [-0.2, 0) is 7.05 Å². The monoisotopic (exact) mass is 221 g/mol. The number of ether oxygens (including phenoxy) is 1. The fourth-order valence-corrected chi connectivity index (χ4v) is 1.74. The molecule has 5 heteroatoms. The SMILES string of the molecule is Cn1ncc2c1Nc1cc(Cl)ccc1O2. The maximum atomic E-state index is 5.90. The first-order valence-corrected chi connectivity index (χ1v) is 4.88. The van der Waals surface area contributed by atoms with Crippen molar-refractivity contribution in [3.05, 3.63) is 29.4 Å². The number of hydrogen-bond acceptors (Lipinski definition) is 3. The third-order valence-electron chi connectivity index (χ3n) is 2.32. The Morgan fingerprint density at radius 2 is 2.27 bits per heavy atom. The van der Waals surface area contributed by atoms with Crippen molar-refractivity contribution in [2.45, 2.75) is 0 Å². The molecule has 0 amide bonds. The zero-order valence-corrected chi connectivity index (χ0v) is 8.75. The summed E-state index contributed by atoms with van der Waals surface area (Å²) in [7, 11) is 1.85. The summed E-state index contributed by atoms with van der Waals surface area (Å²) in [6, 6.07) is 5.46. The number of nitrogens with one attached hydrogen (secondary N) is 1. The van der Waals surface area contributed by atoms with Gasteiger partial charge >= 0.3 is 0 Å². The number of anilines is 2. The first-order valence-electron chi connectivity index (χ1n) is 4.50. The second-order valence-corrected chi connectivity index (χ2v) is 3.79. The van der Waals surface area contributed by atoms with Gasteiger partial charge in [-0.15, -0.1) is 0 Å². The Balaban J connectivity index is 2.12. The predicted molar refractivity (Wildman–Crippen MR) is 58.0 cm³/mol. The molecular formula is C10H8ClN3O. The minimum Gasteiger partial charge on any atom is -0.450 e. The van der Waals surface area contributed by atoms with Gasteiger partial charge in [0.25, 0.3) is 0 Å². The highest BCUT2D eigenvalue weighted by Crippen LogP contribution is 2.42. The van der Waals surface area contributed by atoms with Gasteiger partial charge < -0.3 is 10.1 Å². The van der Waals surface area contributed by atoms with Gasteiger partial charge in [-0.1, -0.05) is 11.6 Å². The molecule has 0 atom stereocenters. The predicted octanol–water partition coefficient (Wildman–Crippen LogP) is 2.92. The summed E-state index contributed by atoms with van der Waals surface area (Å²) in [5.41, 5.74) is 0.860. The van der Waals surface area contributed by atoms with Crippen molar-refractivity contribution < 1.29 is 4.74 Å². The van der Waals surface area contributed by atoms with Crippen LogP contribution in [-0.4, -0.2) is 9.78 Å². The smallest absolute Gasteiger partial charge is 0.189 e. The van der Waals surface area contributed by atoms with Crippen molar-refractivity contribution >= 4 is 23.1 Å². The van der Waals surface area contributed by atoms with Crippen LogP contribution in [0.15, 0.2) is 24.4 Å². The summed E-state index contributed by atoms with van der Waals surface area (Å²) in [5, 5.41) is 8.00. The molecule has 2 heterocycles. The van der Waals surface area contributed by atoms with E-state index in [1.54, 1.807) is 16.9 Å². The van der Waals surface area contributed by atoms with E-state index >= 15 is 0 Å². The first kappa shape index (κ1) is 8.61. The van der Waals surface area contributed by atoms with E-state index in [1.165, 1.54) is 0 Å². The number of halogens is 1. The van der Waals surface area contributed by atoms with Gasteiger partial charge in [0.05, 0.1) is 11.9 Å². The minimum atomic E-state index is 0.676. The lowest BCUT2D eigenvalue weighted by molar-refractivity contribution is 0.480. The molecule has 1 aliphatic heterocycles. The van der Waals surface area contributed by atoms with Crippen molar-refractivity contribution in [2.24, 2.45) is 7.05 Å². The van der Waals surface area contributed by atoms with E-state index in [1.807, 2.05) is 19.2 Å². The molecule has 15 heavy (non-hydrogen) atoms. The van der Waals surface area contributed by atoms with Crippen LogP contribution in [0.25, 0.3) is 0 Å². The van der Waals surface area contributed by atoms with E-state index in [0.29, 0.717) is 5.02 Å². The van der Waals surface area contributed by atoms with Gasteiger partial charge in [-0.05, 0) is 18.2 Å². The van der Waals surface area contributed by atoms with Crippen LogP contribution >= 0.6 is 11.6 Å². The second kappa shape index (κ2) is 2.90. The van der Waals surface area contributed by atoms with Gasteiger partial charge in [0, 0.05) is 12.1 Å². The number of hydrogen-bond donors (Lipinski definition) is 1. The largest absolute Gasteiger partial charge is 0.450 e. The summed E-state index contributed by atoms with van der Waals surface area (Å²) in [4.78, 5) is 0. The molecule has 0 saturated heterocycles. The number of nitrogens with zero attached hydrogens (tertiary/aromatic N) is 2. The molecule has 3 rings (SSSR count). The summed E-state index contributed by atoms with van der Waals surface area (Å²) in [6.45, 7) is 0. The van der Waals surface area contributed by atoms with Gasteiger partial charge in [-0.25, -0.2) is 4.68 Å². The van der Waals surface area contributed by atoms with Crippen LogP contribution in [0, 0.1) is 0 Å². The molecule has 0 spiro atoms. The molecule has 1 aromatic heterocycles. The Bertz CT molecular complexity index is 535. The highest BCUT2D eigenvalue weighted by Gasteiger charge is 2.19. The van der Waals surface area contributed by atoms with Gasteiger partial charge in [0.1, 0.15) is 0 Å². The molecule has 0 radical (unpaired) electrons. The molecule has 0 bridgehead atoms. The number of aryl methyl sites for hydroxylation is 1. The molecule has 76 valence electrons. The van der Waals surface area contributed by atoms with Crippen molar-refractivity contribution in [3.63, 3.8) is 0 Å². The quantitative estimate of drug-likeness (QED) is 0.635. The standard InChI is InChI=1S/C10H8ClN3O/c1-14-10-9(5-12-14)15-8-3-2-6(11)4-7(8)13-10/h2-5,13H,1H3. The van der Waals surface area contributed by atoms with Crippen LogP contribution < -0.4 is 10.1 Å². The van der Waals surface area contributed by atoms with Crippen molar-refractivity contribution in [3.8, 4) is 11.5 Å². The third-order valence-corrected chi connectivity index (χ3v) is 2.55. The fraction of sp³-hybridized carbons (Fsp3) is 0.100. The van der Waals surface area contributed by atoms with E-state index in [0.717, 1.165) is 23.0 Å². The topological polar surface area (TPSA) is 39.1 Å². The Morgan fingerprint density at radius 3 is 3.13 bits per heavy atom. The summed E-state index contributed by atoms with van der Waals surface area (Å²) in [6.07, 6.45) is 1.68. The molecule has 1 aliphatic rings. The van der Waals surface area contributed by atoms with Gasteiger partial charge in [0.15, 0.2) is 17.3 Å². The highest BCUT2D eigenvalue weighted by atomic mass is 35.5. The fourth-order valence-electron chi connectivity index (χ4n) is 1.57. The zero-order valence-electron chi connectivity index (χ0n) is 7.99. The van der Waals surface area contributed by atoms with Crippen LogP contribution in [0.3, 0.4) is 0 Å². The average Bonchev–Trinajstić information content (AvgIpc) is 2.57. The minimum absolute atomic E-state index is 0.676. The summed E-state index contributed by atoms with van der Waals surface area (Å²) in [5.74, 6) is 2.33. The maximum Gasteiger partial charge on any atom is 0.189 e. The Morgan fingerprint density at radius 1 is 1.40 bits per heavy atom. The van der Waals surface area contributed by atoms with Gasteiger partial charge in [0.2, 0.25) is 0 Å². The summed E-state index contributed by atoms with van der Waals surface area (Å²) >= 11 is 5.90. The number of benzene rings is 1. The molecule has 0 saturated carbocycles. The lowest BCUT2D eigenvalue weighted by Gasteiger charge is -2.19. The Kier molecular flexibility index (Phi) is 1.67. The van der Waals surface area contributed by atoms with Crippen molar-refractivity contribution in [1.82, 2.24) is 9.78 Å². The van der Waals surface area contributed by atoms with Gasteiger partial charge in [-0.3, -0.25) is 0 Å². The number of fused-ring (bicyclic) bond motifs is 2. The number of aromatic nitrogens is 2. The van der Waals surface area contributed by atoms with E-state index in [2.05, 4.69) is 10.4 Å². The summed E-state index contributed by atoms with van der Waals surface area (Å²) < 4.78 is 7.37. The lowest BCUT2D eigenvalue weighted by Crippen LogP contribution is -2.05. The van der Waals surface area contributed by atoms with Crippen LogP contribution in [0.1, 0.15) is 0 Å². The molecule has 0 aliphatic carbocycles. The molecule has 1 aromatic carbocycles. The molecule has 4 nitrogen and oxygen atoms in total. The van der Waals surface area contributed by atoms with E-state index in [-0.39, 0.29) is 0 Å². The van der Waals surface area contributed by atoms with Crippen molar-refractivity contribution in [2.75, 3.05) is 5.32 Å². The second-order valence-electron chi connectivity index (χ2n) is 3.35. The molecule has 0 fully saturated rings. The highest BCUT2D eigenvalue weighted by molar-refractivity contribution is 6.31. The Labute approximate surface area is 91.4 Å². The van der Waals surface area contributed by atoms with Crippen LogP contribution in [0.2, 0.25) is 5.02 Å². The molecular weight excluding hydrogens is 214 g/mol. The average molecular weight is 222 g/mol. The van der Waals surface area contributed by atoms with E-state index < -0.39 is 0 Å². The lowest BCUT2D eigenvalue weighted by atomic mass is 10.2. The van der Waals surface area contributed by atoms with Crippen molar-refractivity contribution in [1.29, 1.82) is 0 Å². The van der Waals surface area contributed by atoms with Crippen LogP contribution in [0.4, 0.5) is 11.5 Å². The van der Waals surface area contributed by atoms with Gasteiger partial charge in [-0.2, -0.15) is 5.10 Å². The van der Waals surface area contributed by atoms with Crippen LogP contribution in [0.5, 0.6) is 11.5 Å². The first-order chi connectivity index (χ1) is 7.24.